The highest BCUT2D eigenvalue weighted by Crippen LogP contribution is 2.30. The van der Waals surface area contributed by atoms with Gasteiger partial charge in [-0.15, -0.1) is 0 Å². The number of aliphatic hydroxyl groups excluding tert-OH is 1. The Labute approximate surface area is 82.5 Å². The number of hydrogen-bond donors (Lipinski definition) is 2. The summed E-state index contributed by atoms with van der Waals surface area (Å²) in [5.41, 5.74) is 6.28. The maximum atomic E-state index is 8.96. The fraction of sp³-hybridized carbons (Fsp3) is 0.444. The molecular weight excluding hydrogens is 184 g/mol. The van der Waals surface area contributed by atoms with Gasteiger partial charge < -0.3 is 20.3 Å². The molecule has 0 saturated heterocycles. The molecule has 1 unspecified atom stereocenters. The molecule has 14 heavy (non-hydrogen) atoms. The molecule has 1 heterocycles. The summed E-state index contributed by atoms with van der Waals surface area (Å²) in [6.07, 6.45) is 1.56. The summed E-state index contributed by atoms with van der Waals surface area (Å²) < 4.78 is 10.1. The largest absolute Gasteiger partial charge is 0.496 e. The Morgan fingerprint density at radius 3 is 2.71 bits per heavy atom. The van der Waals surface area contributed by atoms with Crippen LogP contribution in [0, 0.1) is 0 Å². The van der Waals surface area contributed by atoms with Crippen molar-refractivity contribution in [3.63, 3.8) is 0 Å². The lowest BCUT2D eigenvalue weighted by Gasteiger charge is -2.15. The molecule has 0 saturated carbocycles. The van der Waals surface area contributed by atoms with E-state index >= 15 is 0 Å². The molecular formula is C9H14N2O3. The third kappa shape index (κ3) is 1.94. The van der Waals surface area contributed by atoms with Crippen LogP contribution in [0.15, 0.2) is 12.3 Å². The van der Waals surface area contributed by atoms with E-state index in [1.165, 1.54) is 14.2 Å². The van der Waals surface area contributed by atoms with Crippen molar-refractivity contribution in [1.82, 2.24) is 4.98 Å². The van der Waals surface area contributed by atoms with Crippen LogP contribution >= 0.6 is 0 Å². The number of methoxy groups -OCH3 is 2. The summed E-state index contributed by atoms with van der Waals surface area (Å²) in [6.45, 7) is -0.182. The van der Waals surface area contributed by atoms with Crippen LogP contribution in [0.5, 0.6) is 11.6 Å². The number of aliphatic hydroxyl groups is 1. The fourth-order valence-electron chi connectivity index (χ4n) is 1.21. The van der Waals surface area contributed by atoms with Crippen LogP contribution in [-0.4, -0.2) is 30.9 Å². The Balaban J connectivity index is 3.18. The zero-order chi connectivity index (χ0) is 10.6. The average molecular weight is 198 g/mol. The van der Waals surface area contributed by atoms with Crippen LogP contribution < -0.4 is 15.2 Å². The van der Waals surface area contributed by atoms with Gasteiger partial charge in [-0.25, -0.2) is 4.98 Å². The van der Waals surface area contributed by atoms with Gasteiger partial charge in [0, 0.05) is 6.20 Å². The first-order valence-electron chi connectivity index (χ1n) is 4.18. The van der Waals surface area contributed by atoms with Gasteiger partial charge >= 0.3 is 0 Å². The maximum Gasteiger partial charge on any atom is 0.221 e. The molecule has 0 aromatic carbocycles. The van der Waals surface area contributed by atoms with Crippen LogP contribution in [0.25, 0.3) is 0 Å². The van der Waals surface area contributed by atoms with Gasteiger partial charge in [0.15, 0.2) is 0 Å². The number of pyridine rings is 1. The summed E-state index contributed by atoms with van der Waals surface area (Å²) in [5.74, 6) is 0.948. The molecule has 0 amide bonds. The summed E-state index contributed by atoms with van der Waals surface area (Å²) in [4.78, 5) is 3.98. The molecule has 0 spiro atoms. The first kappa shape index (κ1) is 10.7. The van der Waals surface area contributed by atoms with Crippen molar-refractivity contribution in [2.45, 2.75) is 6.04 Å². The molecule has 0 aliphatic heterocycles. The maximum absolute atomic E-state index is 8.96. The normalized spacial score (nSPS) is 12.3. The Morgan fingerprint density at radius 1 is 1.50 bits per heavy atom. The van der Waals surface area contributed by atoms with E-state index in [2.05, 4.69) is 4.98 Å². The van der Waals surface area contributed by atoms with E-state index in [9.17, 15) is 0 Å². The van der Waals surface area contributed by atoms with Gasteiger partial charge in [-0.2, -0.15) is 0 Å². The summed E-state index contributed by atoms with van der Waals surface area (Å²) in [7, 11) is 3.03. The Bertz CT molecular complexity index is 282. The van der Waals surface area contributed by atoms with Gasteiger partial charge in [0.2, 0.25) is 5.88 Å². The lowest BCUT2D eigenvalue weighted by molar-refractivity contribution is 0.259. The predicted octanol–water partition coefficient (Wildman–Crippen LogP) is 0.0909. The molecule has 1 rings (SSSR count). The van der Waals surface area contributed by atoms with Crippen LogP contribution in [0.1, 0.15) is 11.6 Å². The second kappa shape index (κ2) is 4.78. The topological polar surface area (TPSA) is 77.6 Å². The van der Waals surface area contributed by atoms with Crippen molar-refractivity contribution in [2.24, 2.45) is 5.73 Å². The highest BCUT2D eigenvalue weighted by atomic mass is 16.5. The molecule has 1 aromatic heterocycles. The van der Waals surface area contributed by atoms with Crippen molar-refractivity contribution in [3.8, 4) is 11.6 Å². The summed E-state index contributed by atoms with van der Waals surface area (Å²) in [5, 5.41) is 8.96. The number of ether oxygens (including phenoxy) is 2. The van der Waals surface area contributed by atoms with Crippen LogP contribution in [0.4, 0.5) is 0 Å². The molecule has 0 radical (unpaired) electrons. The molecule has 0 fully saturated rings. The number of hydrogen-bond acceptors (Lipinski definition) is 5. The SMILES string of the molecule is COc1ccnc(OC)c1C(N)CO. The highest BCUT2D eigenvalue weighted by molar-refractivity contribution is 5.42. The van der Waals surface area contributed by atoms with Crippen molar-refractivity contribution in [2.75, 3.05) is 20.8 Å². The van der Waals surface area contributed by atoms with Crippen molar-refractivity contribution in [3.05, 3.63) is 17.8 Å². The number of nitrogens with zero attached hydrogens (tertiary/aromatic N) is 1. The Kier molecular flexibility index (Phi) is 3.67. The molecule has 0 aliphatic rings. The minimum atomic E-state index is -0.548. The standard InChI is InChI=1S/C9H14N2O3/c1-13-7-3-4-11-9(14-2)8(7)6(10)5-12/h3-4,6,12H,5,10H2,1-2H3. The van der Waals surface area contributed by atoms with Crippen molar-refractivity contribution >= 4 is 0 Å². The van der Waals surface area contributed by atoms with Crippen LogP contribution in [0.2, 0.25) is 0 Å². The average Bonchev–Trinajstić information content (AvgIpc) is 2.26. The first-order valence-corrected chi connectivity index (χ1v) is 4.18. The fourth-order valence-corrected chi connectivity index (χ4v) is 1.21. The van der Waals surface area contributed by atoms with Crippen LogP contribution in [0.3, 0.4) is 0 Å². The monoisotopic (exact) mass is 198 g/mol. The van der Waals surface area contributed by atoms with Gasteiger partial charge in [0.1, 0.15) is 5.75 Å². The molecule has 5 nitrogen and oxygen atoms in total. The first-order chi connectivity index (χ1) is 6.74. The van der Waals surface area contributed by atoms with E-state index in [1.54, 1.807) is 12.3 Å². The minimum absolute atomic E-state index is 0.182. The Morgan fingerprint density at radius 2 is 2.21 bits per heavy atom. The van der Waals surface area contributed by atoms with Crippen molar-refractivity contribution < 1.29 is 14.6 Å². The van der Waals surface area contributed by atoms with Gasteiger partial charge in [-0.3, -0.25) is 0 Å². The van der Waals surface area contributed by atoms with Gasteiger partial charge in [-0.05, 0) is 6.07 Å². The summed E-state index contributed by atoms with van der Waals surface area (Å²) in [6, 6.07) is 1.13. The third-order valence-corrected chi connectivity index (χ3v) is 1.89. The predicted molar refractivity (Wildman–Crippen MR) is 51.4 cm³/mol. The molecule has 1 atom stereocenters. The number of rotatable bonds is 4. The highest BCUT2D eigenvalue weighted by Gasteiger charge is 2.17. The van der Waals surface area contributed by atoms with E-state index in [0.717, 1.165) is 0 Å². The third-order valence-electron chi connectivity index (χ3n) is 1.89. The molecule has 0 bridgehead atoms. The van der Waals surface area contributed by atoms with Crippen LogP contribution in [-0.2, 0) is 0 Å². The van der Waals surface area contributed by atoms with Gasteiger partial charge in [-0.1, -0.05) is 0 Å². The molecule has 78 valence electrons. The summed E-state index contributed by atoms with van der Waals surface area (Å²) >= 11 is 0. The van der Waals surface area contributed by atoms with Crippen molar-refractivity contribution in [1.29, 1.82) is 0 Å². The Hall–Kier alpha value is -1.33. The zero-order valence-electron chi connectivity index (χ0n) is 8.23. The molecule has 0 aliphatic carbocycles. The quantitative estimate of drug-likeness (QED) is 0.717. The van der Waals surface area contributed by atoms with E-state index in [4.69, 9.17) is 20.3 Å². The van der Waals surface area contributed by atoms with E-state index < -0.39 is 6.04 Å². The lowest BCUT2D eigenvalue weighted by Crippen LogP contribution is -2.17. The minimum Gasteiger partial charge on any atom is -0.496 e. The second-order valence-electron chi connectivity index (χ2n) is 2.73. The molecule has 1 aromatic rings. The molecule has 3 N–H and O–H groups in total. The second-order valence-corrected chi connectivity index (χ2v) is 2.73. The molecule has 5 heteroatoms. The van der Waals surface area contributed by atoms with Gasteiger partial charge in [0.25, 0.3) is 0 Å². The van der Waals surface area contributed by atoms with E-state index in [1.807, 2.05) is 0 Å². The zero-order valence-corrected chi connectivity index (χ0v) is 8.23. The number of aromatic nitrogens is 1. The van der Waals surface area contributed by atoms with E-state index in [0.29, 0.717) is 17.2 Å². The smallest absolute Gasteiger partial charge is 0.221 e. The van der Waals surface area contributed by atoms with Gasteiger partial charge in [0.05, 0.1) is 32.4 Å². The lowest BCUT2D eigenvalue weighted by atomic mass is 10.1. The number of nitrogens with two attached hydrogens (primary N) is 1. The van der Waals surface area contributed by atoms with E-state index in [-0.39, 0.29) is 6.61 Å².